The molecule has 5 heteroatoms. The maximum Gasteiger partial charge on any atom is 0.171 e. The van der Waals surface area contributed by atoms with Gasteiger partial charge in [-0.15, -0.1) is 0 Å². The van der Waals surface area contributed by atoms with Crippen molar-refractivity contribution >= 4 is 23.0 Å². The molecule has 4 nitrogen and oxygen atoms in total. The summed E-state index contributed by atoms with van der Waals surface area (Å²) in [5.41, 5.74) is 2.13. The minimum absolute atomic E-state index is 0.0614. The first-order valence-electron chi connectivity index (χ1n) is 7.16. The van der Waals surface area contributed by atoms with Gasteiger partial charge in [0.2, 0.25) is 0 Å². The van der Waals surface area contributed by atoms with Crippen LogP contribution in [0, 0.1) is 0 Å². The van der Waals surface area contributed by atoms with E-state index in [0.29, 0.717) is 11.7 Å². The number of ether oxygens (including phenoxy) is 1. The van der Waals surface area contributed by atoms with Gasteiger partial charge in [-0.25, -0.2) is 0 Å². The van der Waals surface area contributed by atoms with Crippen LogP contribution in [0.2, 0.25) is 0 Å². The van der Waals surface area contributed by atoms with Crippen molar-refractivity contribution in [1.82, 2.24) is 5.32 Å². The molecular formula is C17H22N2O2S. The Morgan fingerprint density at radius 3 is 2.64 bits per heavy atom. The normalized spacial score (nSPS) is 11.1. The zero-order chi connectivity index (χ0) is 16.2. The summed E-state index contributed by atoms with van der Waals surface area (Å²) in [6.07, 6.45) is 1.64. The minimum atomic E-state index is 0.0614. The largest absolute Gasteiger partial charge is 0.495 e. The number of hydrogen-bond donors (Lipinski definition) is 2. The molecule has 0 saturated heterocycles. The first-order valence-corrected chi connectivity index (χ1v) is 7.57. The Bertz CT molecular complexity index is 631. The Kier molecular flexibility index (Phi) is 5.08. The van der Waals surface area contributed by atoms with Gasteiger partial charge in [-0.2, -0.15) is 0 Å². The molecule has 0 saturated carbocycles. The SMILES string of the molecule is COc1ccc(C(C)(C)C)cc1NC(=S)NCc1ccco1. The highest BCUT2D eigenvalue weighted by atomic mass is 32.1. The third-order valence-corrected chi connectivity index (χ3v) is 3.56. The van der Waals surface area contributed by atoms with Crippen LogP contribution in [0.3, 0.4) is 0 Å². The minimum Gasteiger partial charge on any atom is -0.495 e. The second-order valence-electron chi connectivity index (χ2n) is 6.05. The van der Waals surface area contributed by atoms with Gasteiger partial charge in [-0.3, -0.25) is 0 Å². The number of benzene rings is 1. The molecule has 2 N–H and O–H groups in total. The average molecular weight is 318 g/mol. The van der Waals surface area contributed by atoms with Gasteiger partial charge in [0.15, 0.2) is 5.11 Å². The molecule has 1 aromatic carbocycles. The van der Waals surface area contributed by atoms with Crippen LogP contribution in [-0.4, -0.2) is 12.2 Å². The first kappa shape index (κ1) is 16.4. The molecule has 0 aliphatic carbocycles. The second kappa shape index (κ2) is 6.83. The van der Waals surface area contributed by atoms with E-state index in [9.17, 15) is 0 Å². The summed E-state index contributed by atoms with van der Waals surface area (Å²) >= 11 is 5.33. The lowest BCUT2D eigenvalue weighted by Crippen LogP contribution is -2.28. The molecule has 2 aromatic rings. The molecule has 0 radical (unpaired) electrons. The predicted molar refractivity (Wildman–Crippen MR) is 93.5 cm³/mol. The highest BCUT2D eigenvalue weighted by Gasteiger charge is 2.16. The van der Waals surface area contributed by atoms with Crippen molar-refractivity contribution in [2.24, 2.45) is 0 Å². The summed E-state index contributed by atoms with van der Waals surface area (Å²) in [6.45, 7) is 7.06. The van der Waals surface area contributed by atoms with Crippen LogP contribution in [0.4, 0.5) is 5.69 Å². The van der Waals surface area contributed by atoms with Crippen LogP contribution >= 0.6 is 12.2 Å². The highest BCUT2D eigenvalue weighted by molar-refractivity contribution is 7.80. The fourth-order valence-electron chi connectivity index (χ4n) is 2.02. The molecule has 0 amide bonds. The van der Waals surface area contributed by atoms with Crippen LogP contribution in [0.5, 0.6) is 5.75 Å². The Morgan fingerprint density at radius 1 is 1.27 bits per heavy atom. The Labute approximate surface area is 136 Å². The van der Waals surface area contributed by atoms with Crippen molar-refractivity contribution in [1.29, 1.82) is 0 Å². The zero-order valence-corrected chi connectivity index (χ0v) is 14.2. The predicted octanol–water partition coefficient (Wildman–Crippen LogP) is 4.07. The molecule has 0 spiro atoms. The fraction of sp³-hybridized carbons (Fsp3) is 0.353. The van der Waals surface area contributed by atoms with Crippen molar-refractivity contribution in [3.8, 4) is 5.75 Å². The van der Waals surface area contributed by atoms with E-state index in [0.717, 1.165) is 17.2 Å². The number of anilines is 1. The maximum atomic E-state index is 5.40. The summed E-state index contributed by atoms with van der Waals surface area (Å²) in [4.78, 5) is 0. The first-order chi connectivity index (χ1) is 10.4. The molecule has 0 atom stereocenters. The molecule has 0 bridgehead atoms. The van der Waals surface area contributed by atoms with Gasteiger partial charge in [0.05, 0.1) is 25.6 Å². The summed E-state index contributed by atoms with van der Waals surface area (Å²) < 4.78 is 10.7. The number of thiocarbonyl (C=S) groups is 1. The summed E-state index contributed by atoms with van der Waals surface area (Å²) in [7, 11) is 1.65. The Hall–Kier alpha value is -2.01. The van der Waals surface area contributed by atoms with Crippen molar-refractivity contribution in [2.75, 3.05) is 12.4 Å². The fourth-order valence-corrected chi connectivity index (χ4v) is 2.20. The monoisotopic (exact) mass is 318 g/mol. The van der Waals surface area contributed by atoms with Gasteiger partial charge in [0, 0.05) is 0 Å². The molecule has 0 aliphatic heterocycles. The van der Waals surface area contributed by atoms with E-state index in [4.69, 9.17) is 21.4 Å². The third-order valence-electron chi connectivity index (χ3n) is 3.32. The van der Waals surface area contributed by atoms with E-state index < -0.39 is 0 Å². The summed E-state index contributed by atoms with van der Waals surface area (Å²) in [6, 6.07) is 9.85. The average Bonchev–Trinajstić information content (AvgIpc) is 2.97. The maximum absolute atomic E-state index is 5.40. The molecule has 22 heavy (non-hydrogen) atoms. The van der Waals surface area contributed by atoms with Crippen LogP contribution in [-0.2, 0) is 12.0 Å². The molecule has 2 rings (SSSR count). The van der Waals surface area contributed by atoms with Crippen LogP contribution < -0.4 is 15.4 Å². The van der Waals surface area contributed by atoms with Gasteiger partial charge in [-0.05, 0) is 47.5 Å². The van der Waals surface area contributed by atoms with Gasteiger partial charge in [-0.1, -0.05) is 26.8 Å². The lowest BCUT2D eigenvalue weighted by atomic mass is 9.87. The summed E-state index contributed by atoms with van der Waals surface area (Å²) in [5, 5.41) is 6.83. The number of rotatable bonds is 4. The Morgan fingerprint density at radius 2 is 2.05 bits per heavy atom. The van der Waals surface area contributed by atoms with Gasteiger partial charge >= 0.3 is 0 Å². The molecule has 1 heterocycles. The third kappa shape index (κ3) is 4.24. The van der Waals surface area contributed by atoms with Crippen LogP contribution in [0.25, 0.3) is 0 Å². The van der Waals surface area contributed by atoms with E-state index in [1.807, 2.05) is 18.2 Å². The highest BCUT2D eigenvalue weighted by Crippen LogP contribution is 2.31. The molecule has 0 fully saturated rings. The van der Waals surface area contributed by atoms with Crippen molar-refractivity contribution < 1.29 is 9.15 Å². The van der Waals surface area contributed by atoms with Crippen molar-refractivity contribution in [2.45, 2.75) is 32.7 Å². The smallest absolute Gasteiger partial charge is 0.171 e. The standard InChI is InChI=1S/C17H22N2O2S/c1-17(2,3)12-7-8-15(20-4)14(10-12)19-16(22)18-11-13-6-5-9-21-13/h5-10H,11H2,1-4H3,(H2,18,19,22). The number of nitrogens with one attached hydrogen (secondary N) is 2. The quantitative estimate of drug-likeness (QED) is 0.832. The van der Waals surface area contributed by atoms with Gasteiger partial charge < -0.3 is 19.8 Å². The molecule has 0 aliphatic rings. The van der Waals surface area contributed by atoms with Gasteiger partial charge in [0.25, 0.3) is 0 Å². The molecule has 118 valence electrons. The zero-order valence-electron chi connectivity index (χ0n) is 13.4. The summed E-state index contributed by atoms with van der Waals surface area (Å²) in [5.74, 6) is 1.59. The lowest BCUT2D eigenvalue weighted by molar-refractivity contribution is 0.416. The molecular weight excluding hydrogens is 296 g/mol. The molecule has 0 unspecified atom stereocenters. The van der Waals surface area contributed by atoms with Crippen molar-refractivity contribution in [3.63, 3.8) is 0 Å². The number of hydrogen-bond acceptors (Lipinski definition) is 3. The lowest BCUT2D eigenvalue weighted by Gasteiger charge is -2.21. The topological polar surface area (TPSA) is 46.4 Å². The van der Waals surface area contributed by atoms with E-state index in [1.54, 1.807) is 13.4 Å². The van der Waals surface area contributed by atoms with E-state index in [2.05, 4.69) is 43.5 Å². The van der Waals surface area contributed by atoms with Crippen LogP contribution in [0.15, 0.2) is 41.0 Å². The number of furan rings is 1. The van der Waals surface area contributed by atoms with E-state index >= 15 is 0 Å². The Balaban J connectivity index is 2.08. The second-order valence-corrected chi connectivity index (χ2v) is 6.46. The number of methoxy groups -OCH3 is 1. The van der Waals surface area contributed by atoms with Crippen molar-refractivity contribution in [3.05, 3.63) is 47.9 Å². The van der Waals surface area contributed by atoms with Gasteiger partial charge in [0.1, 0.15) is 11.5 Å². The van der Waals surface area contributed by atoms with E-state index in [-0.39, 0.29) is 5.41 Å². The molecule has 1 aromatic heterocycles. The van der Waals surface area contributed by atoms with E-state index in [1.165, 1.54) is 5.56 Å². The van der Waals surface area contributed by atoms with Crippen LogP contribution in [0.1, 0.15) is 32.1 Å².